The highest BCUT2D eigenvalue weighted by molar-refractivity contribution is 7.90. The minimum absolute atomic E-state index is 0.124. The topological polar surface area (TPSA) is 151 Å². The SMILES string of the molecule is C=CCOC(=O)OC1=C(C)N(c2cccc(C(F)(F)F)c2)C(=O)N(S(C)(=O)=O)C1c1ccc(C#N)cc1S(C)(=O)=O. The van der Waals surface area contributed by atoms with Crippen molar-refractivity contribution in [2.75, 3.05) is 24.0 Å². The molecule has 1 heterocycles. The van der Waals surface area contributed by atoms with Crippen LogP contribution in [-0.4, -0.2) is 52.4 Å². The van der Waals surface area contributed by atoms with E-state index in [4.69, 9.17) is 9.47 Å². The summed E-state index contributed by atoms with van der Waals surface area (Å²) in [5.41, 5.74) is -2.44. The summed E-state index contributed by atoms with van der Waals surface area (Å²) in [6.07, 6.45) is -3.69. The molecule has 2 amide bonds. The maximum atomic E-state index is 13.8. The summed E-state index contributed by atoms with van der Waals surface area (Å²) in [6.45, 7) is 4.18. The fraction of sp³-hybridized carbons (Fsp3) is 0.240. The lowest BCUT2D eigenvalue weighted by molar-refractivity contribution is -0.137. The summed E-state index contributed by atoms with van der Waals surface area (Å²) in [6, 6.07) is 4.95. The molecule has 0 fully saturated rings. The Balaban J connectivity index is 2.44. The predicted octanol–water partition coefficient (Wildman–Crippen LogP) is 4.49. The number of ether oxygens (including phenoxy) is 2. The number of rotatable bonds is 7. The number of allylic oxidation sites excluding steroid dienone is 1. The van der Waals surface area contributed by atoms with Crippen LogP contribution >= 0.6 is 0 Å². The van der Waals surface area contributed by atoms with E-state index in [0.717, 1.165) is 49.6 Å². The number of amides is 2. The van der Waals surface area contributed by atoms with Gasteiger partial charge in [0, 0.05) is 11.8 Å². The molecule has 3 rings (SSSR count). The number of halogens is 3. The third-order valence-corrected chi connectivity index (χ3v) is 7.93. The lowest BCUT2D eigenvalue weighted by Gasteiger charge is -2.41. The van der Waals surface area contributed by atoms with Crippen LogP contribution in [0.5, 0.6) is 0 Å². The van der Waals surface area contributed by atoms with E-state index < -0.39 is 66.2 Å². The van der Waals surface area contributed by atoms with Gasteiger partial charge in [-0.2, -0.15) is 18.4 Å². The van der Waals surface area contributed by atoms with Crippen LogP contribution < -0.4 is 4.90 Å². The van der Waals surface area contributed by atoms with Gasteiger partial charge in [0.2, 0.25) is 10.0 Å². The lowest BCUT2D eigenvalue weighted by Crippen LogP contribution is -2.52. The third-order valence-electron chi connectivity index (χ3n) is 5.69. The molecule has 218 valence electrons. The van der Waals surface area contributed by atoms with Crippen LogP contribution in [0.15, 0.2) is 71.5 Å². The van der Waals surface area contributed by atoms with Gasteiger partial charge in [0.25, 0.3) is 0 Å². The first-order valence-corrected chi connectivity index (χ1v) is 15.1. The van der Waals surface area contributed by atoms with Crippen molar-refractivity contribution in [3.63, 3.8) is 0 Å². The van der Waals surface area contributed by atoms with Crippen molar-refractivity contribution < 1.29 is 49.1 Å². The first-order valence-electron chi connectivity index (χ1n) is 11.3. The second kappa shape index (κ2) is 11.3. The molecule has 0 aromatic heterocycles. The van der Waals surface area contributed by atoms with Crippen LogP contribution in [0.4, 0.5) is 28.4 Å². The van der Waals surface area contributed by atoms with Gasteiger partial charge >= 0.3 is 18.4 Å². The summed E-state index contributed by atoms with van der Waals surface area (Å²) in [4.78, 5) is 26.3. The van der Waals surface area contributed by atoms with E-state index in [1.807, 2.05) is 0 Å². The van der Waals surface area contributed by atoms with Crippen molar-refractivity contribution in [2.45, 2.75) is 24.0 Å². The van der Waals surface area contributed by atoms with Crippen molar-refractivity contribution in [3.05, 3.63) is 83.3 Å². The zero-order valence-corrected chi connectivity index (χ0v) is 23.3. The molecule has 1 unspecified atom stereocenters. The largest absolute Gasteiger partial charge is 0.513 e. The van der Waals surface area contributed by atoms with Crippen molar-refractivity contribution in [1.82, 2.24) is 4.31 Å². The number of nitriles is 1. The number of sulfonamides is 1. The number of benzene rings is 2. The summed E-state index contributed by atoms with van der Waals surface area (Å²) in [7, 11) is -8.86. The monoisotopic (exact) mass is 613 g/mol. The average molecular weight is 614 g/mol. The first kappa shape index (κ1) is 31.2. The molecule has 1 aliphatic heterocycles. The molecular formula is C25H22F3N3O8S2. The molecule has 11 nitrogen and oxygen atoms in total. The minimum atomic E-state index is -4.83. The normalized spacial score (nSPS) is 16.3. The van der Waals surface area contributed by atoms with Gasteiger partial charge in [-0.1, -0.05) is 24.8 Å². The second-order valence-corrected chi connectivity index (χ2v) is 12.5. The summed E-state index contributed by atoms with van der Waals surface area (Å²) < 4.78 is 102. The third kappa shape index (κ3) is 6.52. The molecule has 16 heteroatoms. The van der Waals surface area contributed by atoms with Gasteiger partial charge in [0.15, 0.2) is 15.6 Å². The Labute approximate surface area is 233 Å². The molecule has 1 atom stereocenters. The van der Waals surface area contributed by atoms with Crippen molar-refractivity contribution in [3.8, 4) is 6.07 Å². The molecule has 0 aliphatic carbocycles. The van der Waals surface area contributed by atoms with E-state index in [2.05, 4.69) is 6.58 Å². The number of alkyl halides is 3. The zero-order valence-electron chi connectivity index (χ0n) is 21.7. The van der Waals surface area contributed by atoms with E-state index in [1.54, 1.807) is 6.07 Å². The van der Waals surface area contributed by atoms with Crippen LogP contribution in [-0.2, 0) is 35.5 Å². The molecule has 0 spiro atoms. The summed E-state index contributed by atoms with van der Waals surface area (Å²) >= 11 is 0. The highest BCUT2D eigenvalue weighted by atomic mass is 32.2. The van der Waals surface area contributed by atoms with E-state index in [1.165, 1.54) is 6.08 Å². The molecule has 41 heavy (non-hydrogen) atoms. The van der Waals surface area contributed by atoms with E-state index in [-0.39, 0.29) is 27.7 Å². The number of carbonyl (C=O) groups is 2. The minimum Gasteiger partial charge on any atom is -0.430 e. The molecule has 0 N–H and O–H groups in total. The maximum Gasteiger partial charge on any atom is 0.513 e. The Morgan fingerprint density at radius 3 is 2.34 bits per heavy atom. The van der Waals surface area contributed by atoms with Crippen LogP contribution in [0.1, 0.15) is 29.7 Å². The van der Waals surface area contributed by atoms with Gasteiger partial charge in [-0.25, -0.2) is 30.7 Å². The summed E-state index contributed by atoms with van der Waals surface area (Å²) in [5.74, 6) is -0.642. The first-order chi connectivity index (χ1) is 18.9. The number of anilines is 1. The predicted molar refractivity (Wildman–Crippen MR) is 138 cm³/mol. The number of sulfone groups is 1. The fourth-order valence-corrected chi connectivity index (χ4v) is 5.93. The Bertz CT molecular complexity index is 1710. The maximum absolute atomic E-state index is 13.8. The second-order valence-electron chi connectivity index (χ2n) is 8.67. The number of carbonyl (C=O) groups excluding carboxylic acids is 2. The molecule has 0 bridgehead atoms. The smallest absolute Gasteiger partial charge is 0.430 e. The van der Waals surface area contributed by atoms with E-state index in [0.29, 0.717) is 17.2 Å². The Kier molecular flexibility index (Phi) is 8.56. The van der Waals surface area contributed by atoms with Crippen molar-refractivity contribution in [2.24, 2.45) is 0 Å². The van der Waals surface area contributed by atoms with Gasteiger partial charge in [0.1, 0.15) is 12.6 Å². The number of nitrogens with zero attached hydrogens (tertiary/aromatic N) is 3. The van der Waals surface area contributed by atoms with Gasteiger partial charge in [-0.3, -0.25) is 4.90 Å². The van der Waals surface area contributed by atoms with Crippen molar-refractivity contribution in [1.29, 1.82) is 5.26 Å². The van der Waals surface area contributed by atoms with E-state index in [9.17, 15) is 44.9 Å². The fourth-order valence-electron chi connectivity index (χ4n) is 4.02. The Morgan fingerprint density at radius 2 is 1.80 bits per heavy atom. The van der Waals surface area contributed by atoms with Crippen LogP contribution in [0.25, 0.3) is 0 Å². The molecule has 0 radical (unpaired) electrons. The van der Waals surface area contributed by atoms with Gasteiger partial charge < -0.3 is 9.47 Å². The number of hydrogen-bond acceptors (Lipinski definition) is 9. The van der Waals surface area contributed by atoms with Gasteiger partial charge in [-0.05, 0) is 37.3 Å². The Morgan fingerprint density at radius 1 is 1.15 bits per heavy atom. The molecule has 2 aromatic carbocycles. The molecular weight excluding hydrogens is 591 g/mol. The highest BCUT2D eigenvalue weighted by Gasteiger charge is 2.48. The Hall–Kier alpha value is -4.36. The van der Waals surface area contributed by atoms with Crippen LogP contribution in [0, 0.1) is 11.3 Å². The average Bonchev–Trinajstić information content (AvgIpc) is 2.87. The summed E-state index contributed by atoms with van der Waals surface area (Å²) in [5, 5.41) is 9.29. The van der Waals surface area contributed by atoms with Crippen molar-refractivity contribution >= 4 is 37.7 Å². The van der Waals surface area contributed by atoms with Crippen LogP contribution in [0.3, 0.4) is 0 Å². The highest BCUT2D eigenvalue weighted by Crippen LogP contribution is 2.44. The molecule has 2 aromatic rings. The van der Waals surface area contributed by atoms with Crippen LogP contribution in [0.2, 0.25) is 0 Å². The zero-order chi connectivity index (χ0) is 30.9. The van der Waals surface area contributed by atoms with Gasteiger partial charge in [0.05, 0.1) is 39.7 Å². The van der Waals surface area contributed by atoms with Gasteiger partial charge in [-0.15, -0.1) is 0 Å². The standard InChI is InChI=1S/C25H22F3N3O8S2/c1-5-11-38-24(33)39-22-15(2)30(18-8-6-7-17(13-18)25(26,27)28)23(32)31(41(4,36)37)21(22)19-10-9-16(14-29)12-20(19)40(3,34)35/h5-10,12-13,21H,1,11H2,2-4H3. The lowest BCUT2D eigenvalue weighted by atomic mass is 9.99. The molecule has 0 saturated carbocycles. The van der Waals surface area contributed by atoms with E-state index >= 15 is 0 Å². The number of hydrogen-bond donors (Lipinski definition) is 0. The number of urea groups is 1. The molecule has 1 aliphatic rings. The molecule has 0 saturated heterocycles. The quantitative estimate of drug-likeness (QED) is 0.325.